The van der Waals surface area contributed by atoms with Gasteiger partial charge in [0.15, 0.2) is 12.4 Å². The van der Waals surface area contributed by atoms with Crippen LogP contribution in [0.25, 0.3) is 0 Å². The van der Waals surface area contributed by atoms with Crippen molar-refractivity contribution in [2.45, 2.75) is 109 Å². The Morgan fingerprint density at radius 3 is 1.90 bits per heavy atom. The molecule has 0 fully saturated rings. The molecular weight excluding hydrogens is 474 g/mol. The number of allylic oxidation sites excluding steroid dienone is 4. The van der Waals surface area contributed by atoms with E-state index in [9.17, 15) is 0 Å². The van der Waals surface area contributed by atoms with Gasteiger partial charge in [0, 0.05) is 42.8 Å². The molecule has 0 amide bonds. The molecule has 0 aromatic carbocycles. The topological polar surface area (TPSA) is 29.7 Å². The van der Waals surface area contributed by atoms with Crippen LogP contribution in [0.4, 0.5) is 0 Å². The first-order valence-corrected chi connectivity index (χ1v) is 15.5. The van der Waals surface area contributed by atoms with Crippen molar-refractivity contribution in [3.63, 3.8) is 0 Å². The van der Waals surface area contributed by atoms with Crippen molar-refractivity contribution in [1.82, 2.24) is 9.97 Å². The van der Waals surface area contributed by atoms with Gasteiger partial charge in [-0.15, -0.1) is 0 Å². The van der Waals surface area contributed by atoms with Crippen molar-refractivity contribution in [2.75, 3.05) is 0 Å². The quantitative estimate of drug-likeness (QED) is 0.0790. The van der Waals surface area contributed by atoms with Crippen LogP contribution in [0.3, 0.4) is 0 Å². The Balaban J connectivity index is 1.12. The van der Waals surface area contributed by atoms with Gasteiger partial charge >= 0.3 is 0 Å². The minimum atomic E-state index is 0.999. The summed E-state index contributed by atoms with van der Waals surface area (Å²) in [6.07, 6.45) is 41.6. The van der Waals surface area contributed by atoms with Gasteiger partial charge in [-0.05, 0) is 93.5 Å². The number of nitrogens with zero attached hydrogens (tertiary/aromatic N) is 3. The van der Waals surface area contributed by atoms with Crippen molar-refractivity contribution >= 4 is 0 Å². The van der Waals surface area contributed by atoms with Crippen LogP contribution in [0.1, 0.15) is 100 Å². The summed E-state index contributed by atoms with van der Waals surface area (Å²) >= 11 is 0. The van der Waals surface area contributed by atoms with Crippen LogP contribution < -0.4 is 4.57 Å². The monoisotopic (exact) mass is 524 g/mol. The zero-order valence-electron chi connectivity index (χ0n) is 24.1. The van der Waals surface area contributed by atoms with Gasteiger partial charge in [0.25, 0.3) is 0 Å². The molecule has 3 aromatic rings. The Labute approximate surface area is 238 Å². The van der Waals surface area contributed by atoms with Crippen LogP contribution in [-0.2, 0) is 25.8 Å². The molecule has 0 spiro atoms. The van der Waals surface area contributed by atoms with Crippen molar-refractivity contribution in [1.29, 1.82) is 0 Å². The van der Waals surface area contributed by atoms with Gasteiger partial charge in [0.05, 0.1) is 0 Å². The molecule has 3 heteroatoms. The summed E-state index contributed by atoms with van der Waals surface area (Å²) in [6.45, 7) is 1.15. The molecule has 0 aliphatic heterocycles. The van der Waals surface area contributed by atoms with Crippen LogP contribution in [-0.4, -0.2) is 9.97 Å². The first-order chi connectivity index (χ1) is 19.4. The summed E-state index contributed by atoms with van der Waals surface area (Å²) < 4.78 is 2.40. The van der Waals surface area contributed by atoms with Crippen molar-refractivity contribution in [3.8, 4) is 0 Å². The number of rotatable bonds is 21. The Morgan fingerprint density at radius 1 is 0.538 bits per heavy atom. The van der Waals surface area contributed by atoms with E-state index in [1.54, 1.807) is 0 Å². The molecule has 0 saturated heterocycles. The van der Waals surface area contributed by atoms with E-state index in [0.717, 1.165) is 25.8 Å². The van der Waals surface area contributed by atoms with E-state index in [0.29, 0.717) is 0 Å². The Bertz CT molecular complexity index is 1040. The molecule has 0 unspecified atom stereocenters. The molecule has 3 rings (SSSR count). The second-order valence-corrected chi connectivity index (χ2v) is 10.7. The third-order valence-corrected chi connectivity index (χ3v) is 7.27. The maximum absolute atomic E-state index is 4.18. The largest absolute Gasteiger partial charge is 0.264 e. The summed E-state index contributed by atoms with van der Waals surface area (Å²) in [5.41, 5.74) is 4.11. The third kappa shape index (κ3) is 15.2. The van der Waals surface area contributed by atoms with Crippen LogP contribution in [0.2, 0.25) is 0 Å². The molecular formula is C36H50N3+. The average molecular weight is 525 g/mol. The molecule has 3 aromatic heterocycles. The minimum absolute atomic E-state index is 0.999. The van der Waals surface area contributed by atoms with Gasteiger partial charge in [-0.25, -0.2) is 4.57 Å². The zero-order chi connectivity index (χ0) is 27.1. The number of unbranched alkanes of at least 4 members (excludes halogenated alkanes) is 10. The number of hydrogen-bond acceptors (Lipinski definition) is 2. The Morgan fingerprint density at radius 2 is 1.15 bits per heavy atom. The fraction of sp³-hybridized carbons (Fsp3) is 0.472. The van der Waals surface area contributed by atoms with Gasteiger partial charge in [-0.2, -0.15) is 0 Å². The molecule has 0 atom stereocenters. The van der Waals surface area contributed by atoms with E-state index >= 15 is 0 Å². The van der Waals surface area contributed by atoms with Crippen molar-refractivity contribution < 1.29 is 4.57 Å². The minimum Gasteiger partial charge on any atom is -0.264 e. The molecule has 0 N–H and O–H groups in total. The fourth-order valence-electron chi connectivity index (χ4n) is 4.96. The molecule has 3 nitrogen and oxygen atoms in total. The second-order valence-electron chi connectivity index (χ2n) is 10.7. The van der Waals surface area contributed by atoms with Gasteiger partial charge < -0.3 is 0 Å². The second kappa shape index (κ2) is 20.8. The molecule has 0 saturated carbocycles. The Hall–Kier alpha value is -3.07. The predicted octanol–water partition coefficient (Wildman–Crippen LogP) is 8.98. The van der Waals surface area contributed by atoms with E-state index in [2.05, 4.69) is 75.5 Å². The summed E-state index contributed by atoms with van der Waals surface area (Å²) in [5, 5.41) is 0. The molecule has 0 radical (unpaired) electrons. The lowest BCUT2D eigenvalue weighted by Gasteiger charge is -2.03. The first kappa shape index (κ1) is 30.5. The fourth-order valence-corrected chi connectivity index (χ4v) is 4.96. The van der Waals surface area contributed by atoms with Crippen LogP contribution in [0, 0.1) is 0 Å². The SMILES string of the molecule is C(=C/Cc1cccnc1)/CCCCCCCC[n+]1cccc(CCCCCC/C=C\CCc2cccnc2)c1. The lowest BCUT2D eigenvalue weighted by atomic mass is 10.1. The van der Waals surface area contributed by atoms with Gasteiger partial charge in [0.1, 0.15) is 6.54 Å². The number of hydrogen-bond donors (Lipinski definition) is 0. The van der Waals surface area contributed by atoms with E-state index in [-0.39, 0.29) is 0 Å². The number of aryl methyl sites for hydroxylation is 3. The van der Waals surface area contributed by atoms with Crippen LogP contribution in [0.5, 0.6) is 0 Å². The molecule has 39 heavy (non-hydrogen) atoms. The van der Waals surface area contributed by atoms with Crippen molar-refractivity contribution in [3.05, 3.63) is 115 Å². The van der Waals surface area contributed by atoms with E-state index < -0.39 is 0 Å². The van der Waals surface area contributed by atoms with Gasteiger partial charge in [0.2, 0.25) is 0 Å². The van der Waals surface area contributed by atoms with Crippen molar-refractivity contribution in [2.24, 2.45) is 0 Å². The predicted molar refractivity (Wildman–Crippen MR) is 165 cm³/mol. The lowest BCUT2D eigenvalue weighted by Crippen LogP contribution is -2.33. The maximum Gasteiger partial charge on any atom is 0.171 e. The highest BCUT2D eigenvalue weighted by Crippen LogP contribution is 2.10. The highest BCUT2D eigenvalue weighted by Gasteiger charge is 2.03. The van der Waals surface area contributed by atoms with Crippen LogP contribution >= 0.6 is 0 Å². The Kier molecular flexibility index (Phi) is 16.3. The molecule has 208 valence electrons. The number of pyridine rings is 3. The number of aromatic nitrogens is 3. The summed E-state index contributed by atoms with van der Waals surface area (Å²) in [7, 11) is 0. The first-order valence-electron chi connectivity index (χ1n) is 15.5. The summed E-state index contributed by atoms with van der Waals surface area (Å²) in [6, 6.07) is 12.9. The normalized spacial score (nSPS) is 11.6. The van der Waals surface area contributed by atoms with E-state index in [1.165, 1.54) is 100 Å². The molecule has 0 aliphatic carbocycles. The highest BCUT2D eigenvalue weighted by atomic mass is 14.9. The average Bonchev–Trinajstić information content (AvgIpc) is 2.98. The zero-order valence-corrected chi connectivity index (χ0v) is 24.1. The van der Waals surface area contributed by atoms with E-state index in [4.69, 9.17) is 0 Å². The summed E-state index contributed by atoms with van der Waals surface area (Å²) in [4.78, 5) is 8.35. The standard InChI is InChI=1S/C36H50N3/c1(2-6-10-14-21-34-24-18-27-37-31-34)5-9-13-17-29-39-30-20-26-36(33-39)23-16-12-8-4-3-7-11-15-22-35-25-19-28-38-32-35/h7,10-11,14,18-20,24-28,30-33H,1-6,8-9,12-13,15-17,21-23,29H2/q+1/b11-7-,14-10-. The molecule has 3 heterocycles. The van der Waals surface area contributed by atoms with Gasteiger partial charge in [-0.1, -0.05) is 68.5 Å². The van der Waals surface area contributed by atoms with Crippen LogP contribution in [0.15, 0.2) is 97.9 Å². The highest BCUT2D eigenvalue weighted by molar-refractivity contribution is 5.12. The third-order valence-electron chi connectivity index (χ3n) is 7.27. The summed E-state index contributed by atoms with van der Waals surface area (Å²) in [5.74, 6) is 0. The molecule has 0 bridgehead atoms. The van der Waals surface area contributed by atoms with E-state index in [1.807, 2.05) is 36.9 Å². The molecule has 0 aliphatic rings. The smallest absolute Gasteiger partial charge is 0.171 e. The van der Waals surface area contributed by atoms with Gasteiger partial charge in [-0.3, -0.25) is 9.97 Å². The lowest BCUT2D eigenvalue weighted by molar-refractivity contribution is -0.697. The maximum atomic E-state index is 4.18.